The monoisotopic (exact) mass is 485 g/mol. The number of hydrogen-bond acceptors (Lipinski definition) is 3. The number of carbonyl (C=O) groups is 2. The molecule has 0 amide bonds. The minimum Gasteiger partial charge on any atom is -0.461 e. The number of aromatic nitrogens is 1. The van der Waals surface area contributed by atoms with E-state index < -0.39 is 0 Å². The van der Waals surface area contributed by atoms with E-state index in [2.05, 4.69) is 24.3 Å². The Labute approximate surface area is 216 Å². The van der Waals surface area contributed by atoms with E-state index in [1.807, 2.05) is 89.5 Å². The molecule has 6 rings (SSSR count). The maximum Gasteiger partial charge on any atom is 0.309 e. The molecule has 1 aromatic heterocycles. The molecule has 0 spiro atoms. The highest BCUT2D eigenvalue weighted by Gasteiger charge is 2.33. The summed E-state index contributed by atoms with van der Waals surface area (Å²) in [7, 11) is 0. The number of ether oxygens (including phenoxy) is 1. The Hall–Kier alpha value is -4.44. The van der Waals surface area contributed by atoms with E-state index >= 15 is 0 Å². The number of carbonyl (C=O) groups excluding carboxylic acids is 2. The summed E-state index contributed by atoms with van der Waals surface area (Å²) in [5.41, 5.74) is 6.68. The molecule has 1 aliphatic rings. The van der Waals surface area contributed by atoms with E-state index in [1.54, 1.807) is 0 Å². The molecule has 37 heavy (non-hydrogen) atoms. The number of benzene rings is 4. The van der Waals surface area contributed by atoms with E-state index in [-0.39, 0.29) is 24.4 Å². The van der Waals surface area contributed by atoms with Gasteiger partial charge in [0, 0.05) is 22.2 Å². The first-order valence-corrected chi connectivity index (χ1v) is 12.7. The summed E-state index contributed by atoms with van der Waals surface area (Å²) in [5.74, 6) is -0.452. The van der Waals surface area contributed by atoms with Crippen LogP contribution >= 0.6 is 0 Å². The second-order valence-electron chi connectivity index (χ2n) is 9.53. The van der Waals surface area contributed by atoms with Crippen LogP contribution in [0.15, 0.2) is 109 Å². The Morgan fingerprint density at radius 2 is 1.46 bits per heavy atom. The fourth-order valence-electron chi connectivity index (χ4n) is 5.44. The van der Waals surface area contributed by atoms with Crippen LogP contribution < -0.4 is 0 Å². The van der Waals surface area contributed by atoms with Crippen molar-refractivity contribution in [3.05, 3.63) is 132 Å². The van der Waals surface area contributed by atoms with Crippen molar-refractivity contribution in [1.82, 2.24) is 4.57 Å². The number of rotatable bonds is 5. The summed E-state index contributed by atoms with van der Waals surface area (Å²) in [5, 5.41) is 1.03. The molecular formula is C33H27NO3. The molecule has 0 saturated carbocycles. The molecule has 4 aromatic carbocycles. The van der Waals surface area contributed by atoms with Gasteiger partial charge in [0.15, 0.2) is 0 Å². The van der Waals surface area contributed by atoms with Gasteiger partial charge < -0.3 is 4.74 Å². The lowest BCUT2D eigenvalue weighted by Crippen LogP contribution is -2.26. The maximum absolute atomic E-state index is 13.9. The summed E-state index contributed by atoms with van der Waals surface area (Å²) < 4.78 is 7.60. The van der Waals surface area contributed by atoms with Gasteiger partial charge in [-0.15, -0.1) is 0 Å². The van der Waals surface area contributed by atoms with Crippen LogP contribution in [0.25, 0.3) is 22.0 Å². The molecule has 182 valence electrons. The first-order chi connectivity index (χ1) is 18.2. The Morgan fingerprint density at radius 1 is 0.784 bits per heavy atom. The van der Waals surface area contributed by atoms with Gasteiger partial charge in [-0.1, -0.05) is 97.1 Å². The lowest BCUT2D eigenvalue weighted by molar-refractivity contribution is -0.150. The minimum absolute atomic E-state index is 0.0414. The van der Waals surface area contributed by atoms with Crippen molar-refractivity contribution < 1.29 is 14.3 Å². The van der Waals surface area contributed by atoms with Gasteiger partial charge in [-0.3, -0.25) is 14.2 Å². The zero-order chi connectivity index (χ0) is 25.2. The van der Waals surface area contributed by atoms with Crippen molar-refractivity contribution in [2.24, 2.45) is 5.92 Å². The minimum atomic E-state index is -0.234. The first-order valence-electron chi connectivity index (χ1n) is 12.7. The molecule has 0 saturated heterocycles. The molecule has 0 aliphatic heterocycles. The molecule has 5 aromatic rings. The van der Waals surface area contributed by atoms with Gasteiger partial charge >= 0.3 is 5.97 Å². The predicted molar refractivity (Wildman–Crippen MR) is 145 cm³/mol. The van der Waals surface area contributed by atoms with Gasteiger partial charge in [0.05, 0.1) is 11.4 Å². The van der Waals surface area contributed by atoms with Crippen LogP contribution in [0, 0.1) is 5.92 Å². The predicted octanol–water partition coefficient (Wildman–Crippen LogP) is 6.85. The third-order valence-corrected chi connectivity index (χ3v) is 7.25. The molecule has 4 nitrogen and oxygen atoms in total. The molecule has 0 radical (unpaired) electrons. The Bertz CT molecular complexity index is 1570. The van der Waals surface area contributed by atoms with E-state index in [4.69, 9.17) is 4.74 Å². The number of nitrogens with zero attached hydrogens (tertiary/aromatic N) is 1. The Morgan fingerprint density at radius 3 is 2.19 bits per heavy atom. The SMILES string of the molecule is O=C(OCc1ccccc1)C1CCc2c(c3cccc(-c4ccccc4)c3n2C(=O)c2ccccc2)C1. The maximum atomic E-state index is 13.9. The topological polar surface area (TPSA) is 48.3 Å². The quantitative estimate of drug-likeness (QED) is 0.256. The van der Waals surface area contributed by atoms with Crippen molar-refractivity contribution in [2.45, 2.75) is 25.9 Å². The summed E-state index contributed by atoms with van der Waals surface area (Å²) >= 11 is 0. The highest BCUT2D eigenvalue weighted by Crippen LogP contribution is 2.39. The molecule has 0 N–H and O–H groups in total. The van der Waals surface area contributed by atoms with Crippen molar-refractivity contribution in [3.63, 3.8) is 0 Å². The van der Waals surface area contributed by atoms with Gasteiger partial charge in [0.2, 0.25) is 0 Å². The summed E-state index contributed by atoms with van der Waals surface area (Å²) in [6.45, 7) is 0.273. The van der Waals surface area contributed by atoms with Crippen LogP contribution in [0.2, 0.25) is 0 Å². The van der Waals surface area contributed by atoms with Gasteiger partial charge in [0.1, 0.15) is 6.61 Å². The zero-order valence-electron chi connectivity index (χ0n) is 20.5. The molecule has 4 heteroatoms. The second kappa shape index (κ2) is 9.90. The fourth-order valence-corrected chi connectivity index (χ4v) is 5.44. The lowest BCUT2D eigenvalue weighted by atomic mass is 9.86. The number of para-hydroxylation sites is 1. The van der Waals surface area contributed by atoms with Crippen LogP contribution in [0.5, 0.6) is 0 Å². The third-order valence-electron chi connectivity index (χ3n) is 7.25. The smallest absolute Gasteiger partial charge is 0.309 e. The highest BCUT2D eigenvalue weighted by molar-refractivity contribution is 6.08. The summed E-state index contributed by atoms with van der Waals surface area (Å²) in [6.07, 6.45) is 1.86. The standard InChI is InChI=1S/C33H27NO3/c35-32(25-15-8-3-9-16-25)34-30-20-19-26(33(36)37-22-23-11-4-1-5-12-23)21-29(30)28-18-10-17-27(31(28)34)24-13-6-2-7-14-24/h1-18,26H,19-22H2. The van der Waals surface area contributed by atoms with E-state index in [9.17, 15) is 9.59 Å². The van der Waals surface area contributed by atoms with Crippen LogP contribution in [-0.4, -0.2) is 16.4 Å². The Balaban J connectivity index is 1.42. The van der Waals surface area contributed by atoms with E-state index in [0.29, 0.717) is 24.8 Å². The Kier molecular flexibility index (Phi) is 6.15. The fraction of sp³-hybridized carbons (Fsp3) is 0.152. The molecule has 1 atom stereocenters. The molecular weight excluding hydrogens is 458 g/mol. The molecule has 0 fully saturated rings. The highest BCUT2D eigenvalue weighted by atomic mass is 16.5. The normalized spacial score (nSPS) is 14.8. The molecule has 0 bridgehead atoms. The molecule has 1 heterocycles. The number of fused-ring (bicyclic) bond motifs is 3. The zero-order valence-corrected chi connectivity index (χ0v) is 20.5. The van der Waals surface area contributed by atoms with Crippen molar-refractivity contribution in [1.29, 1.82) is 0 Å². The summed E-state index contributed by atoms with van der Waals surface area (Å²) in [4.78, 5) is 27.0. The van der Waals surface area contributed by atoms with Crippen LogP contribution in [0.3, 0.4) is 0 Å². The summed E-state index contributed by atoms with van der Waals surface area (Å²) in [6, 6.07) is 35.5. The molecule has 1 unspecified atom stereocenters. The number of esters is 1. The first kappa shape index (κ1) is 23.0. The second-order valence-corrected chi connectivity index (χ2v) is 9.53. The van der Waals surface area contributed by atoms with Crippen molar-refractivity contribution in [3.8, 4) is 11.1 Å². The third kappa shape index (κ3) is 4.36. The molecule has 1 aliphatic carbocycles. The van der Waals surface area contributed by atoms with Crippen molar-refractivity contribution >= 4 is 22.8 Å². The van der Waals surface area contributed by atoms with Gasteiger partial charge in [0.25, 0.3) is 5.91 Å². The van der Waals surface area contributed by atoms with E-state index in [1.165, 1.54) is 0 Å². The largest absolute Gasteiger partial charge is 0.461 e. The van der Waals surface area contributed by atoms with Gasteiger partial charge in [-0.2, -0.15) is 0 Å². The average Bonchev–Trinajstić information content (AvgIpc) is 3.31. The van der Waals surface area contributed by atoms with Crippen LogP contribution in [-0.2, 0) is 29.0 Å². The van der Waals surface area contributed by atoms with Gasteiger partial charge in [-0.05, 0) is 48.1 Å². The van der Waals surface area contributed by atoms with E-state index in [0.717, 1.165) is 38.9 Å². The average molecular weight is 486 g/mol. The van der Waals surface area contributed by atoms with Crippen LogP contribution in [0.4, 0.5) is 0 Å². The van der Waals surface area contributed by atoms with Crippen molar-refractivity contribution in [2.75, 3.05) is 0 Å². The van der Waals surface area contributed by atoms with Gasteiger partial charge in [-0.25, -0.2) is 0 Å². The lowest BCUT2D eigenvalue weighted by Gasteiger charge is -2.22. The number of hydrogen-bond donors (Lipinski definition) is 0. The van der Waals surface area contributed by atoms with Crippen LogP contribution in [0.1, 0.15) is 33.6 Å².